The number of rotatable bonds is 3. The van der Waals surface area contributed by atoms with E-state index in [1.165, 1.54) is 0 Å². The smallest absolute Gasteiger partial charge is 0.237 e. The first-order chi connectivity index (χ1) is 12.2. The van der Waals surface area contributed by atoms with Crippen LogP contribution in [0.25, 0.3) is 21.8 Å². The lowest BCUT2D eigenvalue weighted by Crippen LogP contribution is -2.28. The van der Waals surface area contributed by atoms with Crippen LogP contribution in [0.15, 0.2) is 30.7 Å². The van der Waals surface area contributed by atoms with E-state index in [9.17, 15) is 0 Å². The van der Waals surface area contributed by atoms with Crippen LogP contribution in [0.5, 0.6) is 0 Å². The summed E-state index contributed by atoms with van der Waals surface area (Å²) in [5.74, 6) is 1.08. The fraction of sp³-hybridized carbons (Fsp3) is 0.294. The van der Waals surface area contributed by atoms with Crippen LogP contribution >= 0.6 is 0 Å². The fourth-order valence-corrected chi connectivity index (χ4v) is 2.87. The predicted molar refractivity (Wildman–Crippen MR) is 94.8 cm³/mol. The van der Waals surface area contributed by atoms with Crippen molar-refractivity contribution in [2.45, 2.75) is 18.9 Å². The molecule has 8 heteroatoms. The summed E-state index contributed by atoms with van der Waals surface area (Å²) in [6.07, 6.45) is 5.08. The van der Waals surface area contributed by atoms with Gasteiger partial charge in [-0.25, -0.2) is 14.8 Å². The van der Waals surface area contributed by atoms with Crippen LogP contribution in [0.4, 0.5) is 17.2 Å². The van der Waals surface area contributed by atoms with Crippen molar-refractivity contribution >= 4 is 28.2 Å². The van der Waals surface area contributed by atoms with E-state index in [1.807, 2.05) is 6.07 Å². The Morgan fingerprint density at radius 2 is 2.12 bits per heavy atom. The first-order valence-corrected chi connectivity index (χ1v) is 8.06. The van der Waals surface area contributed by atoms with Gasteiger partial charge in [-0.15, -0.1) is 0 Å². The summed E-state index contributed by atoms with van der Waals surface area (Å²) >= 11 is 0. The standard InChI is InChI=1S/C17H17N7O/c1-19-12-2-3-14-15(8-12)24(10-21-14)17-20-9-13(18)16(23-17)22-11-4-6-25-7-5-11/h2-3,8-11H,4-7,18H2,(H,20,22,23). The van der Waals surface area contributed by atoms with E-state index < -0.39 is 0 Å². The van der Waals surface area contributed by atoms with Crippen molar-refractivity contribution in [3.63, 3.8) is 0 Å². The quantitative estimate of drug-likeness (QED) is 0.714. The minimum atomic E-state index is 0.284. The third-order valence-electron chi connectivity index (χ3n) is 4.24. The molecule has 0 atom stereocenters. The highest BCUT2D eigenvalue weighted by molar-refractivity contribution is 5.81. The number of imidazole rings is 1. The zero-order valence-electron chi connectivity index (χ0n) is 13.5. The van der Waals surface area contributed by atoms with Crippen molar-refractivity contribution in [2.75, 3.05) is 24.3 Å². The predicted octanol–water partition coefficient (Wildman–Crippen LogP) is 2.54. The van der Waals surface area contributed by atoms with Crippen LogP contribution in [-0.2, 0) is 4.74 Å². The normalized spacial score (nSPS) is 15.2. The Kier molecular flexibility index (Phi) is 3.91. The Labute approximate surface area is 144 Å². The number of anilines is 2. The SMILES string of the molecule is [C-]#[N+]c1ccc2ncn(-c3ncc(N)c(NC4CCOCC4)n3)c2c1. The lowest BCUT2D eigenvalue weighted by atomic mass is 10.1. The van der Waals surface area contributed by atoms with Gasteiger partial charge >= 0.3 is 0 Å². The minimum Gasteiger partial charge on any atom is -0.394 e. The van der Waals surface area contributed by atoms with Gasteiger partial charge < -0.3 is 15.8 Å². The van der Waals surface area contributed by atoms with Gasteiger partial charge in [-0.1, -0.05) is 6.07 Å². The van der Waals surface area contributed by atoms with Crippen LogP contribution in [-0.4, -0.2) is 38.8 Å². The highest BCUT2D eigenvalue weighted by Gasteiger charge is 2.16. The number of hydrogen-bond acceptors (Lipinski definition) is 6. The minimum absolute atomic E-state index is 0.284. The van der Waals surface area contributed by atoms with Crippen molar-refractivity contribution < 1.29 is 4.74 Å². The van der Waals surface area contributed by atoms with E-state index in [2.05, 4.69) is 25.1 Å². The summed E-state index contributed by atoms with van der Waals surface area (Å²) in [5, 5.41) is 3.38. The van der Waals surface area contributed by atoms with Gasteiger partial charge in [0.15, 0.2) is 11.5 Å². The van der Waals surface area contributed by atoms with Gasteiger partial charge in [-0.3, -0.25) is 4.57 Å². The van der Waals surface area contributed by atoms with Crippen molar-refractivity contribution in [2.24, 2.45) is 0 Å². The molecule has 1 aliphatic rings. The molecule has 3 heterocycles. The van der Waals surface area contributed by atoms with Crippen LogP contribution in [0.1, 0.15) is 12.8 Å². The molecule has 3 aromatic rings. The van der Waals surface area contributed by atoms with E-state index in [-0.39, 0.29) is 6.04 Å². The molecule has 1 aliphatic heterocycles. The average Bonchev–Trinajstić information content (AvgIpc) is 3.07. The second-order valence-electron chi connectivity index (χ2n) is 5.90. The third-order valence-corrected chi connectivity index (χ3v) is 4.24. The number of hydrogen-bond donors (Lipinski definition) is 2. The molecule has 0 saturated carbocycles. The largest absolute Gasteiger partial charge is 0.394 e. The van der Waals surface area contributed by atoms with E-state index in [0.29, 0.717) is 23.1 Å². The maximum atomic E-state index is 7.18. The van der Waals surface area contributed by atoms with Gasteiger partial charge in [0.2, 0.25) is 5.95 Å². The molecule has 1 saturated heterocycles. The van der Waals surface area contributed by atoms with Crippen molar-refractivity contribution in [3.05, 3.63) is 42.1 Å². The Balaban J connectivity index is 1.71. The number of nitrogen functional groups attached to an aromatic ring is 1. The maximum Gasteiger partial charge on any atom is 0.237 e. The molecule has 4 rings (SSSR count). The van der Waals surface area contributed by atoms with Crippen molar-refractivity contribution in [1.29, 1.82) is 0 Å². The number of nitrogens with two attached hydrogens (primary N) is 1. The van der Waals surface area contributed by atoms with Gasteiger partial charge in [-0.2, -0.15) is 4.98 Å². The highest BCUT2D eigenvalue weighted by Crippen LogP contribution is 2.24. The van der Waals surface area contributed by atoms with Gasteiger partial charge in [0.1, 0.15) is 6.33 Å². The number of nitrogens with one attached hydrogen (secondary N) is 1. The maximum absolute atomic E-state index is 7.18. The van der Waals surface area contributed by atoms with Gasteiger partial charge in [0.25, 0.3) is 0 Å². The monoisotopic (exact) mass is 335 g/mol. The van der Waals surface area contributed by atoms with E-state index in [4.69, 9.17) is 17.0 Å². The van der Waals surface area contributed by atoms with Crippen LogP contribution in [0.3, 0.4) is 0 Å². The zero-order valence-corrected chi connectivity index (χ0v) is 13.5. The van der Waals surface area contributed by atoms with E-state index >= 15 is 0 Å². The average molecular weight is 335 g/mol. The molecule has 0 amide bonds. The zero-order chi connectivity index (χ0) is 17.2. The molecule has 1 fully saturated rings. The molecule has 2 aromatic heterocycles. The van der Waals surface area contributed by atoms with Crippen molar-refractivity contribution in [3.8, 4) is 5.95 Å². The van der Waals surface area contributed by atoms with Crippen LogP contribution in [0, 0.1) is 6.57 Å². The second kappa shape index (κ2) is 6.37. The number of ether oxygens (including phenoxy) is 1. The number of fused-ring (bicyclic) bond motifs is 1. The molecule has 126 valence electrons. The second-order valence-corrected chi connectivity index (χ2v) is 5.90. The number of aromatic nitrogens is 4. The molecule has 0 unspecified atom stereocenters. The summed E-state index contributed by atoms with van der Waals surface area (Å²) in [4.78, 5) is 16.7. The fourth-order valence-electron chi connectivity index (χ4n) is 2.87. The third kappa shape index (κ3) is 2.97. The van der Waals surface area contributed by atoms with E-state index in [1.54, 1.807) is 29.2 Å². The lowest BCUT2D eigenvalue weighted by Gasteiger charge is -2.24. The van der Waals surface area contributed by atoms with Gasteiger partial charge in [0.05, 0.1) is 29.5 Å². The Bertz CT molecular complexity index is 953. The molecular formula is C17H17N7O. The molecule has 0 radical (unpaired) electrons. The molecule has 25 heavy (non-hydrogen) atoms. The Hall–Kier alpha value is -3.18. The first kappa shape index (κ1) is 15.4. The molecule has 1 aromatic carbocycles. The molecule has 8 nitrogen and oxygen atoms in total. The van der Waals surface area contributed by atoms with Gasteiger partial charge in [-0.05, 0) is 25.0 Å². The van der Waals surface area contributed by atoms with E-state index in [0.717, 1.165) is 37.1 Å². The topological polar surface area (TPSA) is 95.2 Å². The first-order valence-electron chi connectivity index (χ1n) is 8.06. The molecule has 3 N–H and O–H groups in total. The summed E-state index contributed by atoms with van der Waals surface area (Å²) in [6.45, 7) is 8.65. The number of benzene rings is 1. The summed E-state index contributed by atoms with van der Waals surface area (Å²) in [7, 11) is 0. The highest BCUT2D eigenvalue weighted by atomic mass is 16.5. The van der Waals surface area contributed by atoms with Crippen molar-refractivity contribution in [1.82, 2.24) is 19.5 Å². The molecule has 0 bridgehead atoms. The van der Waals surface area contributed by atoms with Gasteiger partial charge in [0, 0.05) is 19.3 Å². The molecule has 0 aliphatic carbocycles. The summed E-state index contributed by atoms with van der Waals surface area (Å²) < 4.78 is 7.14. The lowest BCUT2D eigenvalue weighted by molar-refractivity contribution is 0.0904. The number of nitrogens with zero attached hydrogens (tertiary/aromatic N) is 5. The van der Waals surface area contributed by atoms with Crippen LogP contribution < -0.4 is 11.1 Å². The molecular weight excluding hydrogens is 318 g/mol. The summed E-state index contributed by atoms with van der Waals surface area (Å²) in [6, 6.07) is 5.62. The summed E-state index contributed by atoms with van der Waals surface area (Å²) in [5.41, 5.74) is 8.65. The van der Waals surface area contributed by atoms with Crippen LogP contribution in [0.2, 0.25) is 0 Å². The Morgan fingerprint density at radius 3 is 2.92 bits per heavy atom. The Morgan fingerprint density at radius 1 is 1.28 bits per heavy atom. The molecule has 0 spiro atoms.